The number of hydrogen-bond donors (Lipinski definition) is 1. The topological polar surface area (TPSA) is 38.1 Å². The number of benzene rings is 1. The van der Waals surface area contributed by atoms with E-state index >= 15 is 0 Å². The lowest BCUT2D eigenvalue weighted by molar-refractivity contribution is 0.490. The molecule has 2 aromatic heterocycles. The lowest BCUT2D eigenvalue weighted by atomic mass is 10.2. The second-order valence-electron chi connectivity index (χ2n) is 4.28. The van der Waals surface area contributed by atoms with Crippen molar-refractivity contribution in [2.45, 2.75) is 13.0 Å². The van der Waals surface area contributed by atoms with Crippen molar-refractivity contribution in [3.8, 4) is 10.4 Å². The molecule has 0 saturated carbocycles. The molecule has 0 aliphatic rings. The summed E-state index contributed by atoms with van der Waals surface area (Å²) in [6.07, 6.45) is 3.59. The van der Waals surface area contributed by atoms with Crippen LogP contribution in [0.4, 0.5) is 5.13 Å². The van der Waals surface area contributed by atoms with Gasteiger partial charge in [-0.1, -0.05) is 41.7 Å². The smallest absolute Gasteiger partial charge is 0.183 e. The number of thiazole rings is 1. The average molecular weight is 270 g/mol. The Kier molecular flexibility index (Phi) is 3.33. The molecule has 96 valence electrons. The van der Waals surface area contributed by atoms with E-state index in [1.54, 1.807) is 17.6 Å². The summed E-state index contributed by atoms with van der Waals surface area (Å²) in [5, 5.41) is 4.25. The molecule has 1 aromatic carbocycles. The van der Waals surface area contributed by atoms with Gasteiger partial charge in [0.1, 0.15) is 5.76 Å². The van der Waals surface area contributed by atoms with Gasteiger partial charge in [-0.05, 0) is 24.6 Å². The first-order valence-corrected chi connectivity index (χ1v) is 6.96. The lowest BCUT2D eigenvalue weighted by Crippen LogP contribution is -2.04. The fourth-order valence-electron chi connectivity index (χ4n) is 1.87. The normalized spacial score (nSPS) is 12.3. The summed E-state index contributed by atoms with van der Waals surface area (Å²) >= 11 is 1.65. The highest BCUT2D eigenvalue weighted by Gasteiger charge is 2.10. The third kappa shape index (κ3) is 2.69. The van der Waals surface area contributed by atoms with E-state index < -0.39 is 0 Å². The molecule has 1 atom stereocenters. The van der Waals surface area contributed by atoms with Crippen LogP contribution in [0.25, 0.3) is 10.4 Å². The SMILES string of the molecule is CC(Nc1ncc(-c2ccccc2)s1)c1ccco1. The van der Waals surface area contributed by atoms with Crippen LogP contribution in [-0.4, -0.2) is 4.98 Å². The van der Waals surface area contributed by atoms with Crippen molar-refractivity contribution in [3.63, 3.8) is 0 Å². The van der Waals surface area contributed by atoms with Crippen LogP contribution in [0.3, 0.4) is 0 Å². The standard InChI is InChI=1S/C15H14N2OS/c1-11(13-8-5-9-18-13)17-15-16-10-14(19-15)12-6-3-2-4-7-12/h2-11H,1H3,(H,16,17). The quantitative estimate of drug-likeness (QED) is 0.754. The minimum atomic E-state index is 0.116. The summed E-state index contributed by atoms with van der Waals surface area (Å²) in [5.41, 5.74) is 1.19. The third-order valence-corrected chi connectivity index (χ3v) is 3.85. The molecule has 0 amide bonds. The van der Waals surface area contributed by atoms with E-state index in [0.29, 0.717) is 0 Å². The maximum Gasteiger partial charge on any atom is 0.183 e. The Balaban J connectivity index is 1.75. The second kappa shape index (κ2) is 5.28. The van der Waals surface area contributed by atoms with E-state index in [2.05, 4.69) is 29.4 Å². The molecule has 0 saturated heterocycles. The minimum Gasteiger partial charge on any atom is -0.467 e. The molecule has 2 heterocycles. The van der Waals surface area contributed by atoms with Gasteiger partial charge < -0.3 is 9.73 Å². The van der Waals surface area contributed by atoms with Gasteiger partial charge in [0.25, 0.3) is 0 Å². The molecule has 1 N–H and O–H groups in total. The van der Waals surface area contributed by atoms with E-state index in [0.717, 1.165) is 15.8 Å². The van der Waals surface area contributed by atoms with Crippen LogP contribution in [0.15, 0.2) is 59.3 Å². The zero-order valence-electron chi connectivity index (χ0n) is 10.5. The number of nitrogens with zero attached hydrogens (tertiary/aromatic N) is 1. The fraction of sp³-hybridized carbons (Fsp3) is 0.133. The zero-order valence-corrected chi connectivity index (χ0v) is 11.4. The Labute approximate surface area is 115 Å². The predicted molar refractivity (Wildman–Crippen MR) is 78.3 cm³/mol. The number of nitrogens with one attached hydrogen (secondary N) is 1. The van der Waals surface area contributed by atoms with E-state index in [1.807, 2.05) is 36.5 Å². The van der Waals surface area contributed by atoms with Crippen LogP contribution in [0, 0.1) is 0 Å². The summed E-state index contributed by atoms with van der Waals surface area (Å²) in [4.78, 5) is 5.57. The van der Waals surface area contributed by atoms with Crippen LogP contribution in [0.2, 0.25) is 0 Å². The number of aromatic nitrogens is 1. The summed E-state index contributed by atoms with van der Waals surface area (Å²) in [6, 6.07) is 14.2. The molecule has 0 aliphatic carbocycles. The fourth-order valence-corrected chi connectivity index (χ4v) is 2.78. The van der Waals surface area contributed by atoms with Gasteiger partial charge in [0, 0.05) is 6.20 Å². The molecule has 3 aromatic rings. The monoisotopic (exact) mass is 270 g/mol. The van der Waals surface area contributed by atoms with Gasteiger partial charge in [-0.15, -0.1) is 0 Å². The average Bonchev–Trinajstić information content (AvgIpc) is 3.11. The number of anilines is 1. The van der Waals surface area contributed by atoms with Crippen LogP contribution < -0.4 is 5.32 Å². The van der Waals surface area contributed by atoms with Gasteiger partial charge in [0.15, 0.2) is 5.13 Å². The Morgan fingerprint density at radius 1 is 1.16 bits per heavy atom. The van der Waals surface area contributed by atoms with Crippen molar-refractivity contribution < 1.29 is 4.42 Å². The molecule has 0 spiro atoms. The summed E-state index contributed by atoms with van der Waals surface area (Å²) in [6.45, 7) is 2.06. The zero-order chi connectivity index (χ0) is 13.1. The summed E-state index contributed by atoms with van der Waals surface area (Å²) < 4.78 is 5.37. The van der Waals surface area contributed by atoms with E-state index in [1.165, 1.54) is 5.56 Å². The highest BCUT2D eigenvalue weighted by atomic mass is 32.1. The highest BCUT2D eigenvalue weighted by Crippen LogP contribution is 2.30. The maximum atomic E-state index is 5.37. The molecule has 3 nitrogen and oxygen atoms in total. The molecule has 0 aliphatic heterocycles. The van der Waals surface area contributed by atoms with Crippen molar-refractivity contribution in [1.29, 1.82) is 0 Å². The van der Waals surface area contributed by atoms with Gasteiger partial charge in [0.2, 0.25) is 0 Å². The van der Waals surface area contributed by atoms with Crippen molar-refractivity contribution in [2.75, 3.05) is 5.32 Å². The van der Waals surface area contributed by atoms with Crippen LogP contribution in [0.1, 0.15) is 18.7 Å². The van der Waals surface area contributed by atoms with Gasteiger partial charge in [-0.25, -0.2) is 4.98 Å². The van der Waals surface area contributed by atoms with Gasteiger partial charge in [-0.2, -0.15) is 0 Å². The number of furan rings is 1. The minimum absolute atomic E-state index is 0.116. The largest absolute Gasteiger partial charge is 0.467 e. The molecule has 4 heteroatoms. The Morgan fingerprint density at radius 3 is 2.74 bits per heavy atom. The van der Waals surface area contributed by atoms with Crippen LogP contribution >= 0.6 is 11.3 Å². The van der Waals surface area contributed by atoms with Gasteiger partial charge in [-0.3, -0.25) is 0 Å². The molecule has 19 heavy (non-hydrogen) atoms. The van der Waals surface area contributed by atoms with Crippen molar-refractivity contribution in [1.82, 2.24) is 4.98 Å². The van der Waals surface area contributed by atoms with Gasteiger partial charge in [0.05, 0.1) is 17.2 Å². The first-order chi connectivity index (χ1) is 9.33. The van der Waals surface area contributed by atoms with E-state index in [9.17, 15) is 0 Å². The Hall–Kier alpha value is -2.07. The van der Waals surface area contributed by atoms with Crippen LogP contribution in [0.5, 0.6) is 0 Å². The number of rotatable bonds is 4. The maximum absolute atomic E-state index is 5.37. The molecular formula is C15H14N2OS. The first kappa shape index (κ1) is 12.0. The van der Waals surface area contributed by atoms with E-state index in [4.69, 9.17) is 4.42 Å². The van der Waals surface area contributed by atoms with Gasteiger partial charge >= 0.3 is 0 Å². The molecular weight excluding hydrogens is 256 g/mol. The molecule has 3 rings (SSSR count). The van der Waals surface area contributed by atoms with Crippen molar-refractivity contribution >= 4 is 16.5 Å². The van der Waals surface area contributed by atoms with Crippen molar-refractivity contribution in [2.24, 2.45) is 0 Å². The Bertz CT molecular complexity index is 631. The van der Waals surface area contributed by atoms with Crippen molar-refractivity contribution in [3.05, 3.63) is 60.7 Å². The summed E-state index contributed by atoms with van der Waals surface area (Å²) in [5.74, 6) is 0.913. The van der Waals surface area contributed by atoms with E-state index in [-0.39, 0.29) is 6.04 Å². The molecule has 0 bridgehead atoms. The molecule has 0 radical (unpaired) electrons. The second-order valence-corrected chi connectivity index (χ2v) is 5.31. The number of hydrogen-bond acceptors (Lipinski definition) is 4. The summed E-state index contributed by atoms with van der Waals surface area (Å²) in [7, 11) is 0. The van der Waals surface area contributed by atoms with Crippen LogP contribution in [-0.2, 0) is 0 Å². The molecule has 1 unspecified atom stereocenters. The predicted octanol–water partition coefficient (Wildman–Crippen LogP) is 4.58. The highest BCUT2D eigenvalue weighted by molar-refractivity contribution is 7.18. The lowest BCUT2D eigenvalue weighted by Gasteiger charge is -2.09. The first-order valence-electron chi connectivity index (χ1n) is 6.14. The third-order valence-electron chi connectivity index (χ3n) is 2.87. The Morgan fingerprint density at radius 2 is 2.00 bits per heavy atom. The molecule has 0 fully saturated rings.